The number of amides is 1. The number of carbonyl (C=O) groups is 1. The summed E-state index contributed by atoms with van der Waals surface area (Å²) in [6.45, 7) is 2.97. The lowest BCUT2D eigenvalue weighted by Crippen LogP contribution is -2.26. The number of hydrogen-bond donors (Lipinski definition) is 1. The number of carbonyl (C=O) groups excluding carboxylic acids is 1. The van der Waals surface area contributed by atoms with E-state index in [0.717, 1.165) is 31.6 Å². The molecule has 28 heavy (non-hydrogen) atoms. The van der Waals surface area contributed by atoms with Crippen LogP contribution < -0.4 is 10.1 Å². The molecule has 150 valence electrons. The third kappa shape index (κ3) is 5.25. The molecule has 2 aromatic carbocycles. The third-order valence-corrected chi connectivity index (χ3v) is 4.66. The second-order valence-electron chi connectivity index (χ2n) is 6.79. The Kier molecular flexibility index (Phi) is 6.24. The molecular weight excluding hydrogens is 371 g/mol. The molecule has 1 fully saturated rings. The van der Waals surface area contributed by atoms with Crippen molar-refractivity contribution in [3.8, 4) is 5.75 Å². The fourth-order valence-corrected chi connectivity index (χ4v) is 2.99. The zero-order valence-corrected chi connectivity index (χ0v) is 15.5. The van der Waals surface area contributed by atoms with Crippen molar-refractivity contribution in [2.24, 2.45) is 0 Å². The molecule has 1 N–H and O–H groups in total. The van der Waals surface area contributed by atoms with Gasteiger partial charge < -0.3 is 14.8 Å². The minimum absolute atomic E-state index is 0.118. The molecule has 1 aliphatic rings. The highest BCUT2D eigenvalue weighted by Crippen LogP contribution is 2.30. The summed E-state index contributed by atoms with van der Waals surface area (Å²) >= 11 is 0. The maximum absolute atomic E-state index is 12.6. The second-order valence-corrected chi connectivity index (χ2v) is 6.79. The summed E-state index contributed by atoms with van der Waals surface area (Å²) in [6.07, 6.45) is -2.22. The number of alkyl halides is 3. The van der Waals surface area contributed by atoms with Crippen molar-refractivity contribution in [2.45, 2.75) is 38.1 Å². The van der Waals surface area contributed by atoms with Crippen LogP contribution in [0.15, 0.2) is 48.5 Å². The van der Waals surface area contributed by atoms with Gasteiger partial charge in [0.1, 0.15) is 12.4 Å². The summed E-state index contributed by atoms with van der Waals surface area (Å²) in [6, 6.07) is 11.1. The van der Waals surface area contributed by atoms with E-state index in [1.807, 2.05) is 0 Å². The molecule has 0 radical (unpaired) electrons. The lowest BCUT2D eigenvalue weighted by atomic mass is 10.1. The van der Waals surface area contributed by atoms with Crippen molar-refractivity contribution in [1.29, 1.82) is 0 Å². The van der Waals surface area contributed by atoms with Gasteiger partial charge in [0.2, 0.25) is 0 Å². The van der Waals surface area contributed by atoms with E-state index >= 15 is 0 Å². The molecule has 1 amide bonds. The van der Waals surface area contributed by atoms with Crippen molar-refractivity contribution in [3.05, 3.63) is 65.2 Å². The summed E-state index contributed by atoms with van der Waals surface area (Å²) in [5, 5.41) is 2.79. The summed E-state index contributed by atoms with van der Waals surface area (Å²) in [7, 11) is 0. The van der Waals surface area contributed by atoms with E-state index in [-0.39, 0.29) is 12.0 Å². The Bertz CT molecular complexity index is 782. The molecule has 4 nitrogen and oxygen atoms in total. The van der Waals surface area contributed by atoms with Gasteiger partial charge in [-0.15, -0.1) is 0 Å². The highest BCUT2D eigenvalue weighted by molar-refractivity contribution is 5.94. The van der Waals surface area contributed by atoms with Crippen LogP contribution >= 0.6 is 0 Å². The van der Waals surface area contributed by atoms with Gasteiger partial charge in [0.25, 0.3) is 5.91 Å². The van der Waals surface area contributed by atoms with Crippen molar-refractivity contribution in [2.75, 3.05) is 13.2 Å². The van der Waals surface area contributed by atoms with Gasteiger partial charge in [-0.1, -0.05) is 12.1 Å². The SMILES string of the molecule is CC(NC(=O)c1ccc(OCC2CCCO2)cc1)c1ccc(C(F)(F)F)cc1. The van der Waals surface area contributed by atoms with E-state index in [9.17, 15) is 18.0 Å². The van der Waals surface area contributed by atoms with E-state index in [1.165, 1.54) is 12.1 Å². The maximum Gasteiger partial charge on any atom is 0.416 e. The molecule has 2 aromatic rings. The number of halogens is 3. The molecule has 0 spiro atoms. The quantitative estimate of drug-likeness (QED) is 0.770. The van der Waals surface area contributed by atoms with E-state index < -0.39 is 17.8 Å². The highest BCUT2D eigenvalue weighted by atomic mass is 19.4. The summed E-state index contributed by atoms with van der Waals surface area (Å²) in [4.78, 5) is 12.4. The van der Waals surface area contributed by atoms with Crippen LogP contribution in [0.1, 0.15) is 47.3 Å². The van der Waals surface area contributed by atoms with Crippen LogP contribution in [0.5, 0.6) is 5.75 Å². The molecule has 0 aliphatic carbocycles. The number of rotatable bonds is 6. The Labute approximate surface area is 161 Å². The van der Waals surface area contributed by atoms with Gasteiger partial charge in [0, 0.05) is 12.2 Å². The van der Waals surface area contributed by atoms with Crippen LogP contribution in [0.25, 0.3) is 0 Å². The zero-order chi connectivity index (χ0) is 20.1. The molecule has 1 saturated heterocycles. The summed E-state index contributed by atoms with van der Waals surface area (Å²) in [5.41, 5.74) is 0.328. The number of nitrogens with one attached hydrogen (secondary N) is 1. The van der Waals surface area contributed by atoms with Gasteiger partial charge in [-0.25, -0.2) is 0 Å². The van der Waals surface area contributed by atoms with Gasteiger partial charge in [-0.05, 0) is 61.7 Å². The van der Waals surface area contributed by atoms with E-state index in [2.05, 4.69) is 5.32 Å². The summed E-state index contributed by atoms with van der Waals surface area (Å²) < 4.78 is 49.1. The van der Waals surface area contributed by atoms with Crippen LogP contribution in [0.4, 0.5) is 13.2 Å². The Morgan fingerprint density at radius 1 is 1.18 bits per heavy atom. The normalized spacial score (nSPS) is 17.9. The first-order valence-corrected chi connectivity index (χ1v) is 9.15. The van der Waals surface area contributed by atoms with Gasteiger partial charge in [-0.3, -0.25) is 4.79 Å². The van der Waals surface area contributed by atoms with E-state index in [1.54, 1.807) is 31.2 Å². The molecule has 1 heterocycles. The van der Waals surface area contributed by atoms with Gasteiger partial charge in [0.05, 0.1) is 17.7 Å². The monoisotopic (exact) mass is 393 g/mol. The first-order chi connectivity index (χ1) is 13.3. The molecular formula is C21H22F3NO3. The first-order valence-electron chi connectivity index (χ1n) is 9.15. The Balaban J connectivity index is 1.54. The van der Waals surface area contributed by atoms with E-state index in [0.29, 0.717) is 23.5 Å². The minimum atomic E-state index is -4.38. The Morgan fingerprint density at radius 2 is 1.86 bits per heavy atom. The first kappa shape index (κ1) is 20.2. The van der Waals surface area contributed by atoms with Crippen LogP contribution in [-0.2, 0) is 10.9 Å². The molecule has 0 saturated carbocycles. The van der Waals surface area contributed by atoms with Crippen molar-refractivity contribution >= 4 is 5.91 Å². The average molecular weight is 393 g/mol. The minimum Gasteiger partial charge on any atom is -0.491 e. The molecule has 0 bridgehead atoms. The molecule has 7 heteroatoms. The van der Waals surface area contributed by atoms with Crippen LogP contribution in [0, 0.1) is 0 Å². The molecule has 2 atom stereocenters. The van der Waals surface area contributed by atoms with E-state index in [4.69, 9.17) is 9.47 Å². The predicted octanol–water partition coefficient (Wildman–Crippen LogP) is 4.75. The molecule has 2 unspecified atom stereocenters. The van der Waals surface area contributed by atoms with Crippen molar-refractivity contribution in [1.82, 2.24) is 5.32 Å². The van der Waals surface area contributed by atoms with Gasteiger partial charge >= 0.3 is 6.18 Å². The van der Waals surface area contributed by atoms with Crippen molar-refractivity contribution in [3.63, 3.8) is 0 Å². The van der Waals surface area contributed by atoms with Crippen LogP contribution in [0.3, 0.4) is 0 Å². The fourth-order valence-electron chi connectivity index (χ4n) is 2.99. The maximum atomic E-state index is 12.6. The second kappa shape index (κ2) is 8.65. The highest BCUT2D eigenvalue weighted by Gasteiger charge is 2.30. The zero-order valence-electron chi connectivity index (χ0n) is 15.5. The summed E-state index contributed by atoms with van der Waals surface area (Å²) in [5.74, 6) is 0.348. The topological polar surface area (TPSA) is 47.6 Å². The standard InChI is InChI=1S/C21H22F3NO3/c1-14(15-4-8-17(9-5-15)21(22,23)24)25-20(26)16-6-10-18(11-7-16)28-13-19-3-2-12-27-19/h4-11,14,19H,2-3,12-13H2,1H3,(H,25,26). The third-order valence-electron chi connectivity index (χ3n) is 4.66. The lowest BCUT2D eigenvalue weighted by Gasteiger charge is -2.16. The number of hydrogen-bond acceptors (Lipinski definition) is 3. The number of ether oxygens (including phenoxy) is 2. The van der Waals surface area contributed by atoms with Gasteiger partial charge in [-0.2, -0.15) is 13.2 Å². The molecule has 3 rings (SSSR count). The van der Waals surface area contributed by atoms with Gasteiger partial charge in [0.15, 0.2) is 0 Å². The van der Waals surface area contributed by atoms with Crippen molar-refractivity contribution < 1.29 is 27.4 Å². The fraction of sp³-hybridized carbons (Fsp3) is 0.381. The van der Waals surface area contributed by atoms with Crippen LogP contribution in [0.2, 0.25) is 0 Å². The van der Waals surface area contributed by atoms with Crippen LogP contribution in [-0.4, -0.2) is 25.2 Å². The Morgan fingerprint density at radius 3 is 2.43 bits per heavy atom. The molecule has 0 aromatic heterocycles. The Hall–Kier alpha value is -2.54. The molecule has 1 aliphatic heterocycles. The lowest BCUT2D eigenvalue weighted by molar-refractivity contribution is -0.137. The average Bonchev–Trinajstić information content (AvgIpc) is 3.20. The smallest absolute Gasteiger partial charge is 0.416 e. The largest absolute Gasteiger partial charge is 0.491 e. The predicted molar refractivity (Wildman–Crippen MR) is 98.2 cm³/mol. The number of benzene rings is 2.